The lowest BCUT2D eigenvalue weighted by molar-refractivity contribution is 0.443. The Bertz CT molecular complexity index is 609. The molecule has 0 fully saturated rings. The number of halogens is 1. The second kappa shape index (κ2) is 8.92. The van der Waals surface area contributed by atoms with E-state index in [-0.39, 0.29) is 5.82 Å². The van der Waals surface area contributed by atoms with E-state index in [9.17, 15) is 4.39 Å². The number of hydrogen-bond acceptors (Lipinski definition) is 2. The van der Waals surface area contributed by atoms with Gasteiger partial charge >= 0.3 is 0 Å². The lowest BCUT2D eigenvalue weighted by Crippen LogP contribution is -2.40. The highest BCUT2D eigenvalue weighted by molar-refractivity contribution is 5.79. The van der Waals surface area contributed by atoms with E-state index in [0.29, 0.717) is 24.4 Å². The van der Waals surface area contributed by atoms with E-state index in [2.05, 4.69) is 27.6 Å². The van der Waals surface area contributed by atoms with Gasteiger partial charge < -0.3 is 10.6 Å². The highest BCUT2D eigenvalue weighted by atomic mass is 19.1. The van der Waals surface area contributed by atoms with Gasteiger partial charge in [-0.05, 0) is 30.0 Å². The number of hydrogen-bond donors (Lipinski definition) is 2. The number of guanidine groups is 1. The molecule has 0 amide bonds. The zero-order valence-corrected chi connectivity index (χ0v) is 13.7. The Morgan fingerprint density at radius 1 is 1.30 bits per heavy atom. The molecule has 2 aromatic rings. The van der Waals surface area contributed by atoms with Gasteiger partial charge in [-0.1, -0.05) is 25.1 Å². The summed E-state index contributed by atoms with van der Waals surface area (Å²) in [6.07, 6.45) is 4.36. The minimum absolute atomic E-state index is 0.162. The fourth-order valence-corrected chi connectivity index (χ4v) is 2.30. The average Bonchev–Trinajstić information content (AvgIpc) is 3.05. The van der Waals surface area contributed by atoms with Gasteiger partial charge in [0.25, 0.3) is 0 Å². The highest BCUT2D eigenvalue weighted by Crippen LogP contribution is 2.06. The SMILES string of the molecule is CN=C(NCCc1ccccc1F)NCC(C)Cn1cccn1. The summed E-state index contributed by atoms with van der Waals surface area (Å²) in [6, 6.07) is 8.76. The summed E-state index contributed by atoms with van der Waals surface area (Å²) in [4.78, 5) is 4.19. The first-order chi connectivity index (χ1) is 11.2. The molecule has 1 heterocycles. The molecule has 0 saturated carbocycles. The lowest BCUT2D eigenvalue weighted by Gasteiger charge is -2.16. The molecule has 0 bridgehead atoms. The summed E-state index contributed by atoms with van der Waals surface area (Å²) in [5.74, 6) is 0.985. The second-order valence-electron chi connectivity index (χ2n) is 5.55. The van der Waals surface area contributed by atoms with E-state index < -0.39 is 0 Å². The lowest BCUT2D eigenvalue weighted by atomic mass is 10.1. The Kier molecular flexibility index (Phi) is 6.59. The molecular weight excluding hydrogens is 293 g/mol. The first kappa shape index (κ1) is 17.0. The minimum atomic E-state index is -0.162. The summed E-state index contributed by atoms with van der Waals surface area (Å²) in [5, 5.41) is 10.7. The van der Waals surface area contributed by atoms with Crippen LogP contribution in [0.5, 0.6) is 0 Å². The summed E-state index contributed by atoms with van der Waals surface area (Å²) in [5.41, 5.74) is 0.711. The van der Waals surface area contributed by atoms with E-state index >= 15 is 0 Å². The van der Waals surface area contributed by atoms with Crippen LogP contribution in [-0.2, 0) is 13.0 Å². The van der Waals surface area contributed by atoms with Crippen molar-refractivity contribution < 1.29 is 4.39 Å². The summed E-state index contributed by atoms with van der Waals surface area (Å²) >= 11 is 0. The van der Waals surface area contributed by atoms with Gasteiger partial charge in [0.2, 0.25) is 0 Å². The third kappa shape index (κ3) is 5.73. The van der Waals surface area contributed by atoms with Crippen LogP contribution in [0, 0.1) is 11.7 Å². The number of aromatic nitrogens is 2. The molecule has 2 N–H and O–H groups in total. The van der Waals surface area contributed by atoms with Gasteiger partial charge in [0, 0.05) is 39.1 Å². The Labute approximate surface area is 136 Å². The standard InChI is InChI=1S/C17H24FN5/c1-14(13-23-11-5-9-22-23)12-21-17(19-2)20-10-8-15-6-3-4-7-16(15)18/h3-7,9,11,14H,8,10,12-13H2,1-2H3,(H2,19,20,21). The van der Waals surface area contributed by atoms with Crippen molar-refractivity contribution >= 4 is 5.96 Å². The van der Waals surface area contributed by atoms with Crippen molar-refractivity contribution in [2.24, 2.45) is 10.9 Å². The van der Waals surface area contributed by atoms with Crippen LogP contribution in [0.25, 0.3) is 0 Å². The number of rotatable bonds is 7. The molecule has 0 saturated heterocycles. The Hall–Kier alpha value is -2.37. The fraction of sp³-hybridized carbons (Fsp3) is 0.412. The molecule has 0 aliphatic heterocycles. The van der Waals surface area contributed by atoms with E-state index in [0.717, 1.165) is 19.0 Å². The molecule has 6 heteroatoms. The molecule has 1 atom stereocenters. The van der Waals surface area contributed by atoms with Gasteiger partial charge in [-0.15, -0.1) is 0 Å². The molecule has 0 spiro atoms. The molecule has 0 aliphatic rings. The van der Waals surface area contributed by atoms with Gasteiger partial charge in [-0.25, -0.2) is 4.39 Å². The van der Waals surface area contributed by atoms with Gasteiger partial charge in [0.15, 0.2) is 5.96 Å². The largest absolute Gasteiger partial charge is 0.356 e. The van der Waals surface area contributed by atoms with Crippen molar-refractivity contribution in [3.63, 3.8) is 0 Å². The molecule has 1 aromatic carbocycles. The smallest absolute Gasteiger partial charge is 0.190 e. The zero-order chi connectivity index (χ0) is 16.5. The van der Waals surface area contributed by atoms with Crippen LogP contribution in [0.2, 0.25) is 0 Å². The third-order valence-electron chi connectivity index (χ3n) is 3.54. The maximum atomic E-state index is 13.5. The van der Waals surface area contributed by atoms with Crippen LogP contribution < -0.4 is 10.6 Å². The number of nitrogens with zero attached hydrogens (tertiary/aromatic N) is 3. The molecule has 2 rings (SSSR count). The predicted molar refractivity (Wildman–Crippen MR) is 90.9 cm³/mol. The van der Waals surface area contributed by atoms with Crippen LogP contribution in [0.1, 0.15) is 12.5 Å². The monoisotopic (exact) mass is 317 g/mol. The quantitative estimate of drug-likeness (QED) is 0.607. The van der Waals surface area contributed by atoms with Crippen LogP contribution in [0.15, 0.2) is 47.7 Å². The minimum Gasteiger partial charge on any atom is -0.356 e. The molecule has 23 heavy (non-hydrogen) atoms. The topological polar surface area (TPSA) is 54.2 Å². The Morgan fingerprint density at radius 3 is 2.83 bits per heavy atom. The van der Waals surface area contributed by atoms with Crippen molar-refractivity contribution in [2.45, 2.75) is 19.9 Å². The fourth-order valence-electron chi connectivity index (χ4n) is 2.30. The van der Waals surface area contributed by atoms with Gasteiger partial charge in [-0.2, -0.15) is 5.10 Å². The summed E-state index contributed by atoms with van der Waals surface area (Å²) in [6.45, 7) is 4.43. The van der Waals surface area contributed by atoms with Crippen LogP contribution >= 0.6 is 0 Å². The van der Waals surface area contributed by atoms with Crippen molar-refractivity contribution in [3.05, 3.63) is 54.1 Å². The van der Waals surface area contributed by atoms with Gasteiger partial charge in [0.1, 0.15) is 5.82 Å². The van der Waals surface area contributed by atoms with Crippen molar-refractivity contribution in [3.8, 4) is 0 Å². The molecular formula is C17H24FN5. The first-order valence-corrected chi connectivity index (χ1v) is 7.84. The van der Waals surface area contributed by atoms with Crippen molar-refractivity contribution in [2.75, 3.05) is 20.1 Å². The Morgan fingerprint density at radius 2 is 2.13 bits per heavy atom. The first-order valence-electron chi connectivity index (χ1n) is 7.84. The van der Waals surface area contributed by atoms with E-state index in [1.807, 2.05) is 23.0 Å². The summed E-state index contributed by atoms with van der Waals surface area (Å²) in [7, 11) is 1.73. The van der Waals surface area contributed by atoms with Crippen LogP contribution in [-0.4, -0.2) is 35.9 Å². The number of nitrogens with one attached hydrogen (secondary N) is 2. The third-order valence-corrected chi connectivity index (χ3v) is 3.54. The molecule has 0 aliphatic carbocycles. The van der Waals surface area contributed by atoms with Gasteiger partial charge in [0.05, 0.1) is 0 Å². The van der Waals surface area contributed by atoms with Crippen LogP contribution in [0.3, 0.4) is 0 Å². The maximum Gasteiger partial charge on any atom is 0.190 e. The molecule has 124 valence electrons. The van der Waals surface area contributed by atoms with Crippen molar-refractivity contribution in [1.29, 1.82) is 0 Å². The summed E-state index contributed by atoms with van der Waals surface area (Å²) < 4.78 is 15.5. The maximum absolute atomic E-state index is 13.5. The van der Waals surface area contributed by atoms with Crippen molar-refractivity contribution in [1.82, 2.24) is 20.4 Å². The predicted octanol–water partition coefficient (Wildman–Crippen LogP) is 2.07. The Balaban J connectivity index is 1.70. The van der Waals surface area contributed by atoms with E-state index in [1.54, 1.807) is 25.4 Å². The number of aliphatic imine (C=N–C) groups is 1. The molecule has 5 nitrogen and oxygen atoms in total. The van der Waals surface area contributed by atoms with Gasteiger partial charge in [-0.3, -0.25) is 9.67 Å². The zero-order valence-electron chi connectivity index (χ0n) is 13.7. The second-order valence-corrected chi connectivity index (χ2v) is 5.55. The van der Waals surface area contributed by atoms with Crippen LogP contribution in [0.4, 0.5) is 4.39 Å². The number of benzene rings is 1. The van der Waals surface area contributed by atoms with E-state index in [4.69, 9.17) is 0 Å². The molecule has 0 radical (unpaired) electrons. The average molecular weight is 317 g/mol. The highest BCUT2D eigenvalue weighted by Gasteiger charge is 2.06. The molecule has 1 unspecified atom stereocenters. The normalized spacial score (nSPS) is 12.9. The van der Waals surface area contributed by atoms with E-state index in [1.165, 1.54) is 6.07 Å². The molecule has 1 aromatic heterocycles.